The van der Waals surface area contributed by atoms with Crippen LogP contribution in [0.1, 0.15) is 21.7 Å². The summed E-state index contributed by atoms with van der Waals surface area (Å²) in [4.78, 5) is 24.8. The molecule has 0 fully saturated rings. The summed E-state index contributed by atoms with van der Waals surface area (Å²) in [6, 6.07) is 18.5. The summed E-state index contributed by atoms with van der Waals surface area (Å²) < 4.78 is 7.03. The second-order valence-electron chi connectivity index (χ2n) is 7.36. The van der Waals surface area contributed by atoms with Gasteiger partial charge in [0.25, 0.3) is 5.91 Å². The van der Waals surface area contributed by atoms with Gasteiger partial charge in [0, 0.05) is 23.9 Å². The quantitative estimate of drug-likeness (QED) is 0.384. The fourth-order valence-electron chi connectivity index (χ4n) is 3.23. The topological polar surface area (TPSA) is 102 Å². The average Bonchev–Trinajstić information content (AvgIpc) is 3.46. The number of aromatic nitrogens is 3. The summed E-state index contributed by atoms with van der Waals surface area (Å²) in [6.07, 6.45) is 1.57. The van der Waals surface area contributed by atoms with Crippen molar-refractivity contribution in [2.75, 3.05) is 11.1 Å². The lowest BCUT2D eigenvalue weighted by molar-refractivity contribution is -0.118. The molecule has 0 aliphatic carbocycles. The van der Waals surface area contributed by atoms with Gasteiger partial charge in [-0.3, -0.25) is 9.59 Å². The molecule has 0 saturated carbocycles. The molecule has 0 bridgehead atoms. The maximum atomic E-state index is 12.6. The van der Waals surface area contributed by atoms with Crippen molar-refractivity contribution in [2.24, 2.45) is 7.05 Å². The molecule has 33 heavy (non-hydrogen) atoms. The third-order valence-electron chi connectivity index (χ3n) is 4.98. The van der Waals surface area contributed by atoms with Gasteiger partial charge < -0.3 is 19.6 Å². The lowest BCUT2D eigenvalue weighted by atomic mass is 10.1. The van der Waals surface area contributed by atoms with E-state index in [9.17, 15) is 9.59 Å². The number of amides is 2. The molecule has 0 spiro atoms. The summed E-state index contributed by atoms with van der Waals surface area (Å²) in [5, 5.41) is 14.9. The number of hydrogen-bond donors (Lipinski definition) is 2. The Morgan fingerprint density at radius 1 is 1.06 bits per heavy atom. The number of carbonyl (C=O) groups is 2. The maximum Gasteiger partial charge on any atom is 0.255 e. The SMILES string of the molecule is Cc1ccccc1C(=O)Nc1cccc(-c2nnc(SCC(=O)NCc3ccco3)n2C)c1. The molecule has 8 nitrogen and oxygen atoms in total. The normalized spacial score (nSPS) is 10.7. The summed E-state index contributed by atoms with van der Waals surface area (Å²) in [5.74, 6) is 1.25. The van der Waals surface area contributed by atoms with Gasteiger partial charge in [0.05, 0.1) is 18.6 Å². The first kappa shape index (κ1) is 22.3. The van der Waals surface area contributed by atoms with E-state index < -0.39 is 0 Å². The zero-order valence-corrected chi connectivity index (χ0v) is 19.1. The second-order valence-corrected chi connectivity index (χ2v) is 8.30. The van der Waals surface area contributed by atoms with Crippen LogP contribution in [-0.4, -0.2) is 32.3 Å². The molecule has 2 N–H and O–H groups in total. The van der Waals surface area contributed by atoms with E-state index in [4.69, 9.17) is 4.42 Å². The lowest BCUT2D eigenvalue weighted by Gasteiger charge is -2.09. The largest absolute Gasteiger partial charge is 0.467 e. The molecular formula is C24H23N5O3S. The molecule has 2 heterocycles. The lowest BCUT2D eigenvalue weighted by Crippen LogP contribution is -2.24. The molecule has 0 aliphatic rings. The van der Waals surface area contributed by atoms with E-state index in [1.165, 1.54) is 11.8 Å². The Labute approximate surface area is 195 Å². The summed E-state index contributed by atoms with van der Waals surface area (Å²) in [6.45, 7) is 2.25. The Balaban J connectivity index is 1.40. The smallest absolute Gasteiger partial charge is 0.255 e. The van der Waals surface area contributed by atoms with Crippen molar-refractivity contribution in [3.63, 3.8) is 0 Å². The fraction of sp³-hybridized carbons (Fsp3) is 0.167. The van der Waals surface area contributed by atoms with Crippen LogP contribution in [0.2, 0.25) is 0 Å². The Bertz CT molecular complexity index is 1270. The predicted octanol–water partition coefficient (Wildman–Crippen LogP) is 4.04. The molecule has 4 aromatic rings. The highest BCUT2D eigenvalue weighted by atomic mass is 32.2. The van der Waals surface area contributed by atoms with Crippen molar-refractivity contribution in [3.05, 3.63) is 83.8 Å². The van der Waals surface area contributed by atoms with Gasteiger partial charge >= 0.3 is 0 Å². The monoisotopic (exact) mass is 461 g/mol. The highest BCUT2D eigenvalue weighted by molar-refractivity contribution is 7.99. The van der Waals surface area contributed by atoms with Crippen molar-refractivity contribution in [1.29, 1.82) is 0 Å². The highest BCUT2D eigenvalue weighted by Crippen LogP contribution is 2.25. The molecule has 0 radical (unpaired) electrons. The summed E-state index contributed by atoms with van der Waals surface area (Å²) in [7, 11) is 1.84. The Hall–Kier alpha value is -3.85. The van der Waals surface area contributed by atoms with Crippen LogP contribution >= 0.6 is 11.8 Å². The molecule has 0 atom stereocenters. The van der Waals surface area contributed by atoms with Crippen LogP contribution in [0.25, 0.3) is 11.4 Å². The fourth-order valence-corrected chi connectivity index (χ4v) is 3.98. The minimum atomic E-state index is -0.167. The van der Waals surface area contributed by atoms with Crippen LogP contribution in [0.4, 0.5) is 5.69 Å². The van der Waals surface area contributed by atoms with Gasteiger partial charge in [-0.1, -0.05) is 42.1 Å². The van der Waals surface area contributed by atoms with E-state index in [2.05, 4.69) is 20.8 Å². The number of rotatable bonds is 8. The van der Waals surface area contributed by atoms with Gasteiger partial charge in [0.15, 0.2) is 11.0 Å². The van der Waals surface area contributed by atoms with Crippen molar-refractivity contribution < 1.29 is 14.0 Å². The predicted molar refractivity (Wildman–Crippen MR) is 127 cm³/mol. The van der Waals surface area contributed by atoms with Crippen LogP contribution in [0.5, 0.6) is 0 Å². The van der Waals surface area contributed by atoms with Crippen molar-refractivity contribution in [1.82, 2.24) is 20.1 Å². The first-order valence-corrected chi connectivity index (χ1v) is 11.3. The Morgan fingerprint density at radius 3 is 2.70 bits per heavy atom. The van der Waals surface area contributed by atoms with Crippen molar-refractivity contribution in [2.45, 2.75) is 18.6 Å². The third kappa shape index (κ3) is 5.50. The number of carbonyl (C=O) groups excluding carboxylic acids is 2. The number of nitrogens with zero attached hydrogens (tertiary/aromatic N) is 3. The van der Waals surface area contributed by atoms with Crippen LogP contribution in [0, 0.1) is 6.92 Å². The zero-order valence-electron chi connectivity index (χ0n) is 18.2. The second kappa shape index (κ2) is 10.2. The molecule has 4 rings (SSSR count). The molecule has 2 aromatic carbocycles. The number of hydrogen-bond acceptors (Lipinski definition) is 6. The zero-order chi connectivity index (χ0) is 23.2. The standard InChI is InChI=1S/C24H23N5O3S/c1-16-7-3-4-11-20(16)23(31)26-18-9-5-8-17(13-18)22-27-28-24(29(22)2)33-15-21(30)25-14-19-10-6-12-32-19/h3-13H,14-15H2,1-2H3,(H,25,30)(H,26,31). The van der Waals surface area contributed by atoms with Crippen LogP contribution in [0.3, 0.4) is 0 Å². The van der Waals surface area contributed by atoms with Gasteiger partial charge in [-0.25, -0.2) is 0 Å². The van der Waals surface area contributed by atoms with Crippen LogP contribution in [0.15, 0.2) is 76.5 Å². The molecule has 0 saturated heterocycles. The molecule has 2 amide bonds. The van der Waals surface area contributed by atoms with Gasteiger partial charge in [-0.05, 0) is 42.8 Å². The van der Waals surface area contributed by atoms with E-state index in [0.717, 1.165) is 11.1 Å². The van der Waals surface area contributed by atoms with E-state index in [1.54, 1.807) is 24.5 Å². The minimum absolute atomic E-state index is 0.123. The molecule has 0 unspecified atom stereocenters. The summed E-state index contributed by atoms with van der Waals surface area (Å²) in [5.41, 5.74) is 3.01. The van der Waals surface area contributed by atoms with E-state index >= 15 is 0 Å². The van der Waals surface area contributed by atoms with Gasteiger partial charge in [0.1, 0.15) is 5.76 Å². The molecule has 168 valence electrons. The highest BCUT2D eigenvalue weighted by Gasteiger charge is 2.14. The van der Waals surface area contributed by atoms with Gasteiger partial charge in [-0.15, -0.1) is 10.2 Å². The number of aryl methyl sites for hydroxylation is 1. The van der Waals surface area contributed by atoms with Gasteiger partial charge in [0.2, 0.25) is 5.91 Å². The average molecular weight is 462 g/mol. The van der Waals surface area contributed by atoms with Crippen molar-refractivity contribution in [3.8, 4) is 11.4 Å². The van der Waals surface area contributed by atoms with Crippen LogP contribution < -0.4 is 10.6 Å². The van der Waals surface area contributed by atoms with E-state index in [1.807, 2.05) is 61.0 Å². The summed E-state index contributed by atoms with van der Waals surface area (Å²) >= 11 is 1.30. The third-order valence-corrected chi connectivity index (χ3v) is 6.00. The first-order chi connectivity index (χ1) is 16.0. The number of furan rings is 1. The van der Waals surface area contributed by atoms with E-state index in [0.29, 0.717) is 34.5 Å². The Kier molecular flexibility index (Phi) is 6.89. The number of nitrogens with one attached hydrogen (secondary N) is 2. The van der Waals surface area contributed by atoms with E-state index in [-0.39, 0.29) is 17.6 Å². The maximum absolute atomic E-state index is 12.6. The first-order valence-electron chi connectivity index (χ1n) is 10.3. The number of anilines is 1. The molecular weight excluding hydrogens is 438 g/mol. The Morgan fingerprint density at radius 2 is 1.91 bits per heavy atom. The van der Waals surface area contributed by atoms with Crippen molar-refractivity contribution >= 4 is 29.3 Å². The molecule has 9 heteroatoms. The number of thioether (sulfide) groups is 1. The minimum Gasteiger partial charge on any atom is -0.467 e. The van der Waals surface area contributed by atoms with Gasteiger partial charge in [-0.2, -0.15) is 0 Å². The number of benzene rings is 2. The molecule has 0 aliphatic heterocycles. The molecule has 2 aromatic heterocycles. The van der Waals surface area contributed by atoms with Crippen LogP contribution in [-0.2, 0) is 18.4 Å².